The SMILES string of the molecule is O=C(O)C1(c2cc(CF)ccc2O)CCCCC1. The highest BCUT2D eigenvalue weighted by atomic mass is 19.1. The largest absolute Gasteiger partial charge is 0.508 e. The maximum atomic E-state index is 12.7. The molecule has 0 saturated heterocycles. The van der Waals surface area contributed by atoms with Crippen molar-refractivity contribution in [3.05, 3.63) is 29.3 Å². The fraction of sp³-hybridized carbons (Fsp3) is 0.500. The van der Waals surface area contributed by atoms with E-state index in [4.69, 9.17) is 0 Å². The lowest BCUT2D eigenvalue weighted by Crippen LogP contribution is -2.38. The highest BCUT2D eigenvalue weighted by Crippen LogP contribution is 2.43. The Hall–Kier alpha value is -1.58. The van der Waals surface area contributed by atoms with Crippen LogP contribution >= 0.6 is 0 Å². The zero-order valence-corrected chi connectivity index (χ0v) is 10.2. The summed E-state index contributed by atoms with van der Waals surface area (Å²) in [5.41, 5.74) is -0.271. The second-order valence-corrected chi connectivity index (χ2v) is 4.93. The smallest absolute Gasteiger partial charge is 0.314 e. The van der Waals surface area contributed by atoms with Crippen LogP contribution in [0.15, 0.2) is 18.2 Å². The van der Waals surface area contributed by atoms with Gasteiger partial charge in [0.1, 0.15) is 12.4 Å². The molecule has 0 atom stereocenters. The van der Waals surface area contributed by atoms with Crippen molar-refractivity contribution in [2.75, 3.05) is 0 Å². The maximum absolute atomic E-state index is 12.7. The Labute approximate surface area is 105 Å². The van der Waals surface area contributed by atoms with Crippen LogP contribution in [0, 0.1) is 0 Å². The summed E-state index contributed by atoms with van der Waals surface area (Å²) in [5, 5.41) is 19.4. The Morgan fingerprint density at radius 3 is 2.50 bits per heavy atom. The molecule has 0 bridgehead atoms. The number of phenolic OH excluding ortho intramolecular Hbond substituents is 1. The fourth-order valence-corrected chi connectivity index (χ4v) is 2.80. The molecule has 0 aliphatic heterocycles. The summed E-state index contributed by atoms with van der Waals surface area (Å²) in [6.07, 6.45) is 3.67. The van der Waals surface area contributed by atoms with Crippen molar-refractivity contribution >= 4 is 5.97 Å². The summed E-state index contributed by atoms with van der Waals surface area (Å²) >= 11 is 0. The zero-order chi connectivity index (χ0) is 13.2. The molecule has 2 N–H and O–H groups in total. The molecule has 4 heteroatoms. The molecule has 1 aromatic rings. The number of hydrogen-bond donors (Lipinski definition) is 2. The summed E-state index contributed by atoms with van der Waals surface area (Å²) in [4.78, 5) is 11.6. The molecule has 18 heavy (non-hydrogen) atoms. The predicted octanol–water partition coefficient (Wildman–Crippen LogP) is 3.15. The van der Waals surface area contributed by atoms with Crippen LogP contribution in [0.2, 0.25) is 0 Å². The number of aromatic hydroxyl groups is 1. The minimum Gasteiger partial charge on any atom is -0.508 e. The predicted molar refractivity (Wildman–Crippen MR) is 65.3 cm³/mol. The van der Waals surface area contributed by atoms with Crippen LogP contribution in [-0.4, -0.2) is 16.2 Å². The van der Waals surface area contributed by atoms with E-state index in [2.05, 4.69) is 0 Å². The molecule has 2 rings (SSSR count). The summed E-state index contributed by atoms with van der Waals surface area (Å²) in [6.45, 7) is -0.650. The Bertz CT molecular complexity index is 450. The van der Waals surface area contributed by atoms with E-state index in [0.717, 1.165) is 19.3 Å². The number of carbonyl (C=O) groups is 1. The number of benzene rings is 1. The lowest BCUT2D eigenvalue weighted by molar-refractivity contribution is -0.145. The third kappa shape index (κ3) is 2.07. The number of phenols is 1. The Kier molecular flexibility index (Phi) is 3.55. The first-order valence-corrected chi connectivity index (χ1v) is 6.22. The summed E-state index contributed by atoms with van der Waals surface area (Å²) in [7, 11) is 0. The van der Waals surface area contributed by atoms with Crippen LogP contribution in [0.1, 0.15) is 43.2 Å². The number of carboxylic acids is 1. The van der Waals surface area contributed by atoms with Crippen molar-refractivity contribution in [2.45, 2.75) is 44.2 Å². The van der Waals surface area contributed by atoms with Crippen LogP contribution in [0.3, 0.4) is 0 Å². The highest BCUT2D eigenvalue weighted by molar-refractivity contribution is 5.82. The number of carboxylic acid groups (broad SMARTS) is 1. The van der Waals surface area contributed by atoms with Gasteiger partial charge in [-0.2, -0.15) is 0 Å². The number of rotatable bonds is 3. The zero-order valence-electron chi connectivity index (χ0n) is 10.2. The minimum absolute atomic E-state index is 0.0449. The van der Waals surface area contributed by atoms with Gasteiger partial charge in [-0.15, -0.1) is 0 Å². The van der Waals surface area contributed by atoms with Crippen molar-refractivity contribution < 1.29 is 19.4 Å². The van der Waals surface area contributed by atoms with Crippen LogP contribution < -0.4 is 0 Å². The van der Waals surface area contributed by atoms with Crippen molar-refractivity contribution in [2.24, 2.45) is 0 Å². The molecule has 3 nitrogen and oxygen atoms in total. The van der Waals surface area contributed by atoms with Crippen molar-refractivity contribution in [3.63, 3.8) is 0 Å². The second kappa shape index (κ2) is 4.96. The van der Waals surface area contributed by atoms with E-state index in [1.54, 1.807) is 0 Å². The number of hydrogen-bond acceptors (Lipinski definition) is 2. The minimum atomic E-state index is -1.05. The van der Waals surface area contributed by atoms with E-state index in [9.17, 15) is 19.4 Å². The fourth-order valence-electron chi connectivity index (χ4n) is 2.80. The van der Waals surface area contributed by atoms with Gasteiger partial charge in [0.2, 0.25) is 0 Å². The van der Waals surface area contributed by atoms with Gasteiger partial charge in [0.25, 0.3) is 0 Å². The van der Waals surface area contributed by atoms with E-state index in [1.807, 2.05) is 0 Å². The third-order valence-electron chi connectivity index (χ3n) is 3.85. The molecule has 1 aliphatic rings. The first-order valence-electron chi connectivity index (χ1n) is 6.22. The Balaban J connectivity index is 2.51. The van der Waals surface area contributed by atoms with E-state index in [-0.39, 0.29) is 5.75 Å². The molecule has 0 aromatic heterocycles. The van der Waals surface area contributed by atoms with Crippen LogP contribution in [0.5, 0.6) is 5.75 Å². The Morgan fingerprint density at radius 1 is 1.28 bits per heavy atom. The average Bonchev–Trinajstić information content (AvgIpc) is 2.40. The van der Waals surface area contributed by atoms with E-state index >= 15 is 0 Å². The van der Waals surface area contributed by atoms with Crippen LogP contribution in [-0.2, 0) is 16.9 Å². The van der Waals surface area contributed by atoms with Gasteiger partial charge < -0.3 is 10.2 Å². The van der Waals surface area contributed by atoms with Crippen LogP contribution in [0.25, 0.3) is 0 Å². The second-order valence-electron chi connectivity index (χ2n) is 4.93. The van der Waals surface area contributed by atoms with Gasteiger partial charge >= 0.3 is 5.97 Å². The highest BCUT2D eigenvalue weighted by Gasteiger charge is 2.43. The standard InChI is InChI=1S/C14H17FO3/c15-9-10-4-5-12(16)11(8-10)14(13(17)18)6-2-1-3-7-14/h4-5,8,16H,1-3,6-7,9H2,(H,17,18). The molecule has 0 unspecified atom stereocenters. The van der Waals surface area contributed by atoms with Gasteiger partial charge in [0.15, 0.2) is 0 Å². The number of alkyl halides is 1. The van der Waals surface area contributed by atoms with Gasteiger partial charge in [-0.25, -0.2) is 4.39 Å². The first kappa shape index (κ1) is 12.9. The average molecular weight is 252 g/mol. The van der Waals surface area contributed by atoms with Gasteiger partial charge in [-0.3, -0.25) is 4.79 Å². The molecule has 0 radical (unpaired) electrons. The molecule has 1 aliphatic carbocycles. The summed E-state index contributed by atoms with van der Waals surface area (Å²) < 4.78 is 12.7. The molecule has 1 aromatic carbocycles. The van der Waals surface area contributed by atoms with Gasteiger partial charge in [0.05, 0.1) is 5.41 Å². The molecular weight excluding hydrogens is 235 g/mol. The van der Waals surface area contributed by atoms with Gasteiger partial charge in [-0.05, 0) is 30.5 Å². The molecule has 0 spiro atoms. The lowest BCUT2D eigenvalue weighted by atomic mass is 9.69. The van der Waals surface area contributed by atoms with Crippen LogP contribution in [0.4, 0.5) is 4.39 Å². The van der Waals surface area contributed by atoms with E-state index in [1.165, 1.54) is 18.2 Å². The molecule has 1 fully saturated rings. The topological polar surface area (TPSA) is 57.5 Å². The van der Waals surface area contributed by atoms with E-state index < -0.39 is 18.1 Å². The number of aliphatic carboxylic acids is 1. The third-order valence-corrected chi connectivity index (χ3v) is 3.85. The molecule has 0 heterocycles. The van der Waals surface area contributed by atoms with Gasteiger partial charge in [0, 0.05) is 5.56 Å². The quantitative estimate of drug-likeness (QED) is 0.868. The molecule has 1 saturated carbocycles. The van der Waals surface area contributed by atoms with Gasteiger partial charge in [-0.1, -0.05) is 25.3 Å². The first-order chi connectivity index (χ1) is 8.60. The van der Waals surface area contributed by atoms with Crippen molar-refractivity contribution in [3.8, 4) is 5.75 Å². The lowest BCUT2D eigenvalue weighted by Gasteiger charge is -2.34. The Morgan fingerprint density at radius 2 is 1.94 bits per heavy atom. The molecule has 0 amide bonds. The molecule has 98 valence electrons. The molecular formula is C14H17FO3. The van der Waals surface area contributed by atoms with E-state index in [0.29, 0.717) is 24.0 Å². The summed E-state index contributed by atoms with van der Waals surface area (Å²) in [5.74, 6) is -0.968. The summed E-state index contributed by atoms with van der Waals surface area (Å²) in [6, 6.07) is 4.37. The van der Waals surface area contributed by atoms with Crippen molar-refractivity contribution in [1.29, 1.82) is 0 Å². The maximum Gasteiger partial charge on any atom is 0.314 e. The number of halogens is 1. The monoisotopic (exact) mass is 252 g/mol. The van der Waals surface area contributed by atoms with Crippen molar-refractivity contribution in [1.82, 2.24) is 0 Å². The normalized spacial score (nSPS) is 18.5.